The summed E-state index contributed by atoms with van der Waals surface area (Å²) in [4.78, 5) is 7.57. The topological polar surface area (TPSA) is 36.4 Å². The zero-order valence-corrected chi connectivity index (χ0v) is 15.5. The van der Waals surface area contributed by atoms with Gasteiger partial charge in [0.15, 0.2) is 0 Å². The summed E-state index contributed by atoms with van der Waals surface area (Å²) in [6, 6.07) is 2.59. The van der Waals surface area contributed by atoms with E-state index in [0.29, 0.717) is 6.04 Å². The van der Waals surface area contributed by atoms with Crippen molar-refractivity contribution in [2.75, 3.05) is 26.2 Å². The molecule has 0 bridgehead atoms. The van der Waals surface area contributed by atoms with Crippen LogP contribution in [-0.2, 0) is 11.0 Å². The highest BCUT2D eigenvalue weighted by molar-refractivity contribution is 9.10. The van der Waals surface area contributed by atoms with Crippen LogP contribution in [0.15, 0.2) is 27.8 Å². The fraction of sp³-hybridized carbons (Fsp3) is 0.688. The van der Waals surface area contributed by atoms with Gasteiger partial charge in [-0.3, -0.25) is 4.98 Å². The lowest BCUT2D eigenvalue weighted by Gasteiger charge is -2.40. The molecule has 0 amide bonds. The highest BCUT2D eigenvalue weighted by Crippen LogP contribution is 2.25. The van der Waals surface area contributed by atoms with Gasteiger partial charge in [-0.1, -0.05) is 6.92 Å². The quantitative estimate of drug-likeness (QED) is 0.801. The minimum atomic E-state index is -1.08. The van der Waals surface area contributed by atoms with Crippen molar-refractivity contribution in [1.29, 1.82) is 0 Å². The summed E-state index contributed by atoms with van der Waals surface area (Å²) in [7, 11) is -1.08. The summed E-state index contributed by atoms with van der Waals surface area (Å²) in [6.07, 6.45) is 8.35. The van der Waals surface area contributed by atoms with Crippen LogP contribution in [0.2, 0.25) is 0 Å². The van der Waals surface area contributed by atoms with Gasteiger partial charge >= 0.3 is 0 Å². The van der Waals surface area contributed by atoms with E-state index in [9.17, 15) is 4.21 Å². The van der Waals surface area contributed by atoms with Gasteiger partial charge in [-0.25, -0.2) is 8.51 Å². The second-order valence-corrected chi connectivity index (χ2v) is 8.87. The molecule has 2 fully saturated rings. The van der Waals surface area contributed by atoms with E-state index in [1.807, 2.05) is 6.07 Å². The van der Waals surface area contributed by atoms with E-state index >= 15 is 0 Å². The molecule has 2 saturated heterocycles. The zero-order valence-electron chi connectivity index (χ0n) is 13.1. The molecule has 22 heavy (non-hydrogen) atoms. The molecular weight excluding hydrogens is 362 g/mol. The first-order valence-corrected chi connectivity index (χ1v) is 10.0. The Bertz CT molecular complexity index is 526. The van der Waals surface area contributed by atoms with Crippen LogP contribution in [-0.4, -0.2) is 50.6 Å². The van der Waals surface area contributed by atoms with E-state index in [1.54, 1.807) is 12.4 Å². The molecule has 0 saturated carbocycles. The van der Waals surface area contributed by atoms with Gasteiger partial charge in [-0.2, -0.15) is 0 Å². The van der Waals surface area contributed by atoms with E-state index in [1.165, 1.54) is 25.9 Å². The molecule has 0 N–H and O–H groups in total. The Balaban J connectivity index is 1.54. The largest absolute Gasteiger partial charge is 0.300 e. The second kappa shape index (κ2) is 7.51. The van der Waals surface area contributed by atoms with Crippen LogP contribution in [0.4, 0.5) is 0 Å². The number of hydrogen-bond donors (Lipinski definition) is 0. The Morgan fingerprint density at radius 1 is 1.14 bits per heavy atom. The molecule has 0 spiro atoms. The molecule has 2 aliphatic heterocycles. The van der Waals surface area contributed by atoms with E-state index in [-0.39, 0.29) is 0 Å². The van der Waals surface area contributed by atoms with Gasteiger partial charge in [-0.05, 0) is 66.7 Å². The van der Waals surface area contributed by atoms with Gasteiger partial charge in [0.05, 0.1) is 4.90 Å². The van der Waals surface area contributed by atoms with Gasteiger partial charge in [0.25, 0.3) is 0 Å². The monoisotopic (exact) mass is 385 g/mol. The number of halogens is 1. The molecule has 6 heteroatoms. The smallest absolute Gasteiger partial charge is 0.129 e. The average molecular weight is 386 g/mol. The van der Waals surface area contributed by atoms with E-state index in [0.717, 1.165) is 41.2 Å². The molecule has 0 radical (unpaired) electrons. The number of nitrogens with zero attached hydrogens (tertiary/aromatic N) is 3. The van der Waals surface area contributed by atoms with Gasteiger partial charge in [-0.15, -0.1) is 0 Å². The molecule has 1 aromatic rings. The van der Waals surface area contributed by atoms with Crippen LogP contribution in [0.1, 0.15) is 32.6 Å². The van der Waals surface area contributed by atoms with E-state index in [4.69, 9.17) is 0 Å². The Morgan fingerprint density at radius 3 is 2.45 bits per heavy atom. The lowest BCUT2D eigenvalue weighted by molar-refractivity contribution is 0.102. The lowest BCUT2D eigenvalue weighted by atomic mass is 9.95. The minimum Gasteiger partial charge on any atom is -0.300 e. The molecular formula is C16H24BrN3OS. The molecule has 3 heterocycles. The summed E-state index contributed by atoms with van der Waals surface area (Å²) >= 11 is 3.40. The standard InChI is InChI=1S/C16H24BrN3OS/c1-13-2-6-19(7-3-13)15-4-8-20(9-5-15)22(21)16-10-14(17)11-18-12-16/h10-13,15H,2-9H2,1H3. The molecule has 1 aromatic heterocycles. The van der Waals surface area contributed by atoms with Crippen molar-refractivity contribution in [2.45, 2.75) is 43.5 Å². The molecule has 3 rings (SSSR count). The Labute approximate surface area is 144 Å². The van der Waals surface area contributed by atoms with Crippen LogP contribution in [0.3, 0.4) is 0 Å². The van der Waals surface area contributed by atoms with Crippen molar-refractivity contribution < 1.29 is 4.21 Å². The predicted molar refractivity (Wildman–Crippen MR) is 92.9 cm³/mol. The number of likely N-dealkylation sites (tertiary alicyclic amines) is 1. The lowest BCUT2D eigenvalue weighted by Crippen LogP contribution is -2.47. The van der Waals surface area contributed by atoms with Gasteiger partial charge in [0.2, 0.25) is 0 Å². The van der Waals surface area contributed by atoms with Crippen LogP contribution in [0.5, 0.6) is 0 Å². The molecule has 0 aromatic carbocycles. The third kappa shape index (κ3) is 3.96. The fourth-order valence-electron chi connectivity index (χ4n) is 3.40. The van der Waals surface area contributed by atoms with Crippen molar-refractivity contribution >= 4 is 26.9 Å². The Morgan fingerprint density at radius 2 is 1.82 bits per heavy atom. The number of rotatable bonds is 3. The third-order valence-electron chi connectivity index (χ3n) is 4.87. The number of piperidine rings is 2. The second-order valence-electron chi connectivity index (χ2n) is 6.47. The molecule has 2 aliphatic rings. The first kappa shape index (κ1) is 16.6. The Kier molecular flexibility index (Phi) is 5.65. The fourth-order valence-corrected chi connectivity index (χ4v) is 5.14. The maximum absolute atomic E-state index is 12.6. The summed E-state index contributed by atoms with van der Waals surface area (Å²) in [5.74, 6) is 0.882. The van der Waals surface area contributed by atoms with Crippen LogP contribution < -0.4 is 0 Å². The van der Waals surface area contributed by atoms with Gasteiger partial charge < -0.3 is 4.90 Å². The van der Waals surface area contributed by atoms with Gasteiger partial charge in [0, 0.05) is 36.0 Å². The van der Waals surface area contributed by atoms with E-state index < -0.39 is 11.0 Å². The first-order valence-electron chi connectivity index (χ1n) is 8.15. The van der Waals surface area contributed by atoms with Crippen molar-refractivity contribution in [3.8, 4) is 0 Å². The van der Waals surface area contributed by atoms with Crippen molar-refractivity contribution in [3.63, 3.8) is 0 Å². The average Bonchev–Trinajstić information content (AvgIpc) is 2.55. The number of pyridine rings is 1. The van der Waals surface area contributed by atoms with Crippen molar-refractivity contribution in [1.82, 2.24) is 14.2 Å². The van der Waals surface area contributed by atoms with Crippen LogP contribution in [0, 0.1) is 5.92 Å². The molecule has 4 nitrogen and oxygen atoms in total. The minimum absolute atomic E-state index is 0.682. The molecule has 0 aliphatic carbocycles. The number of hydrogen-bond acceptors (Lipinski definition) is 3. The van der Waals surface area contributed by atoms with Crippen LogP contribution >= 0.6 is 15.9 Å². The zero-order chi connectivity index (χ0) is 15.5. The predicted octanol–water partition coefficient (Wildman–Crippen LogP) is 3.06. The van der Waals surface area contributed by atoms with Crippen LogP contribution in [0.25, 0.3) is 0 Å². The summed E-state index contributed by atoms with van der Waals surface area (Å²) in [6.45, 7) is 6.66. The highest BCUT2D eigenvalue weighted by Gasteiger charge is 2.29. The van der Waals surface area contributed by atoms with Gasteiger partial charge in [0.1, 0.15) is 11.0 Å². The maximum Gasteiger partial charge on any atom is 0.129 e. The Hall–Kier alpha value is -0.300. The summed E-state index contributed by atoms with van der Waals surface area (Å²) in [5, 5.41) is 0. The maximum atomic E-state index is 12.6. The molecule has 1 atom stereocenters. The molecule has 122 valence electrons. The van der Waals surface area contributed by atoms with Crippen molar-refractivity contribution in [2.24, 2.45) is 5.92 Å². The van der Waals surface area contributed by atoms with Crippen molar-refractivity contribution in [3.05, 3.63) is 22.9 Å². The highest BCUT2D eigenvalue weighted by atomic mass is 79.9. The SMILES string of the molecule is CC1CCN(C2CCN(S(=O)c3cncc(Br)c3)CC2)CC1. The summed E-state index contributed by atoms with van der Waals surface area (Å²) in [5.41, 5.74) is 0. The molecule has 1 unspecified atom stereocenters. The first-order chi connectivity index (χ1) is 10.6. The summed E-state index contributed by atoms with van der Waals surface area (Å²) < 4.78 is 15.6. The third-order valence-corrected chi connectivity index (χ3v) is 6.77. The number of aromatic nitrogens is 1. The van der Waals surface area contributed by atoms with E-state index in [2.05, 4.69) is 37.0 Å². The normalized spacial score (nSPS) is 24.5.